The largest absolute Gasteiger partial charge is 0.501 e. The van der Waals surface area contributed by atoms with Crippen LogP contribution in [0.15, 0.2) is 141 Å². The van der Waals surface area contributed by atoms with Gasteiger partial charge in [0.15, 0.2) is 0 Å². The molecule has 0 bridgehead atoms. The number of sulfone groups is 1. The van der Waals surface area contributed by atoms with E-state index in [4.69, 9.17) is 11.6 Å². The van der Waals surface area contributed by atoms with E-state index in [0.29, 0.717) is 113 Å². The number of anilines is 2. The zero-order valence-electron chi connectivity index (χ0n) is 60.2. The Labute approximate surface area is 631 Å². The third-order valence-electron chi connectivity index (χ3n) is 20.9. The highest BCUT2D eigenvalue weighted by Gasteiger charge is 2.50. The second kappa shape index (κ2) is 34.0. The molecule has 1 saturated carbocycles. The van der Waals surface area contributed by atoms with Gasteiger partial charge in [-0.3, -0.25) is 33.8 Å². The number of thioether (sulfide) groups is 1. The highest BCUT2D eigenvalue weighted by molar-refractivity contribution is 7.99. The van der Waals surface area contributed by atoms with E-state index in [1.807, 2.05) is 93.9 Å². The first-order valence-corrected chi connectivity index (χ1v) is 41.3. The number of halogens is 5. The number of rotatable bonds is 28. The molecule has 1 spiro atoms. The summed E-state index contributed by atoms with van der Waals surface area (Å²) in [6.45, 7) is 14.7. The third kappa shape index (κ3) is 19.9. The number of hydrogen-bond donors (Lipinski definition) is 5. The predicted octanol–water partition coefficient (Wildman–Crippen LogP) is 12.3. The lowest BCUT2D eigenvalue weighted by molar-refractivity contribution is -0.144. The molecule has 5 N–H and O–H groups in total. The van der Waals surface area contributed by atoms with Crippen molar-refractivity contribution in [3.05, 3.63) is 160 Å². The highest BCUT2D eigenvalue weighted by Crippen LogP contribution is 2.59. The van der Waals surface area contributed by atoms with Gasteiger partial charge in [0.2, 0.25) is 23.6 Å². The van der Waals surface area contributed by atoms with Crippen LogP contribution in [0, 0.1) is 23.6 Å². The summed E-state index contributed by atoms with van der Waals surface area (Å²) in [5.74, 6) is -2.47. The van der Waals surface area contributed by atoms with Crippen LogP contribution in [0.3, 0.4) is 0 Å². The Bertz CT molecular complexity index is 4410. The molecule has 4 heterocycles. The van der Waals surface area contributed by atoms with Crippen LogP contribution >= 0.6 is 34.7 Å². The number of carbonyl (C=O) groups excluding carboxylic acids is 5. The summed E-state index contributed by atoms with van der Waals surface area (Å²) in [7, 11) is -11.2. The molecule has 5 aliphatic rings. The first kappa shape index (κ1) is 79.6. The molecule has 29 heteroatoms. The van der Waals surface area contributed by atoms with Gasteiger partial charge in [-0.1, -0.05) is 92.9 Å². The van der Waals surface area contributed by atoms with Crippen LogP contribution in [-0.4, -0.2) is 184 Å². The molecule has 2 aliphatic carbocycles. The van der Waals surface area contributed by atoms with Crippen LogP contribution in [0.25, 0.3) is 16.0 Å². The minimum absolute atomic E-state index is 0.0445. The Hall–Kier alpha value is -7.44. The number of likely N-dealkylation sites (tertiary alicyclic amines) is 1. The van der Waals surface area contributed by atoms with Gasteiger partial charge in [0, 0.05) is 130 Å². The van der Waals surface area contributed by atoms with Gasteiger partial charge in [-0.05, 0) is 159 Å². The molecule has 5 atom stereocenters. The normalized spacial score (nSPS) is 19.0. The van der Waals surface area contributed by atoms with Crippen LogP contribution in [0.2, 0.25) is 5.02 Å². The molecule has 106 heavy (non-hydrogen) atoms. The number of unbranched alkanes of at least 4 members (excludes halogenated alkanes) is 2. The van der Waals surface area contributed by atoms with Gasteiger partial charge in [-0.15, -0.1) is 23.1 Å². The highest BCUT2D eigenvalue weighted by atomic mass is 35.5. The maximum Gasteiger partial charge on any atom is 0.501 e. The van der Waals surface area contributed by atoms with Crippen LogP contribution in [0.4, 0.5) is 28.9 Å². The number of aliphatic hydroxyl groups excluding tert-OH is 1. The number of benzene rings is 5. The number of alkyl halides is 3. The first-order chi connectivity index (χ1) is 50.3. The monoisotopic (exact) mass is 1560 g/mol. The fraction of sp³-hybridized carbons (Fsp3) is 0.481. The zero-order chi connectivity index (χ0) is 75.9. The third-order valence-corrected chi connectivity index (χ3v) is 26.2. The number of aliphatic hydroxyl groups is 1. The quantitative estimate of drug-likeness (QED) is 0.0174. The lowest BCUT2D eigenvalue weighted by atomic mass is 9.78. The van der Waals surface area contributed by atoms with E-state index >= 15 is 4.39 Å². The summed E-state index contributed by atoms with van der Waals surface area (Å²) >= 11 is 9.03. The van der Waals surface area contributed by atoms with Gasteiger partial charge < -0.3 is 35.8 Å². The van der Waals surface area contributed by atoms with Gasteiger partial charge in [0.05, 0.1) is 38.8 Å². The molecule has 3 saturated heterocycles. The number of hydrogen-bond acceptors (Lipinski definition) is 17. The van der Waals surface area contributed by atoms with Crippen molar-refractivity contribution < 1.29 is 63.5 Å². The van der Waals surface area contributed by atoms with Crippen molar-refractivity contribution in [1.29, 1.82) is 0 Å². The SMILES string of the molecule is Cc1ncsc1-c1ccc([C@H](C)NC(=O)[C@@H]2C[C@@H](O)CN2C(=O)[C@@H](NC(=O)CCCCCC(=O)N2CCN(CC[C@H](CSc3ccccc3)Nc3ccc(S(=O)(=O)NC(=O)c4ccc(N5CCN(CC6=C(c7ccc(Cl)cc7F)CCC7(CC7)C6)CC5)cc4)cc3S(=O)(=O)C(F)(F)F)CC2)C(C)(C)C)cc1. The van der Waals surface area contributed by atoms with Crippen molar-refractivity contribution >= 4 is 101 Å². The molecule has 570 valence electrons. The molecule has 0 radical (unpaired) electrons. The molecular weight excluding hydrogens is 1460 g/mol. The molecule has 20 nitrogen and oxygen atoms in total. The summed E-state index contributed by atoms with van der Waals surface area (Å²) < 4.78 is 116. The molecule has 4 fully saturated rings. The number of thiazole rings is 1. The van der Waals surface area contributed by atoms with Crippen LogP contribution in [0.5, 0.6) is 0 Å². The molecule has 0 unspecified atom stereocenters. The molecule has 5 aromatic carbocycles. The zero-order valence-corrected chi connectivity index (χ0v) is 64.3. The summed E-state index contributed by atoms with van der Waals surface area (Å²) in [6.07, 6.45) is 6.35. The van der Waals surface area contributed by atoms with Gasteiger partial charge in [0.1, 0.15) is 22.8 Å². The molecule has 11 rings (SSSR count). The predicted molar refractivity (Wildman–Crippen MR) is 405 cm³/mol. The van der Waals surface area contributed by atoms with Crippen LogP contribution < -0.4 is 25.6 Å². The number of carbonyl (C=O) groups is 5. The second-order valence-electron chi connectivity index (χ2n) is 29.7. The van der Waals surface area contributed by atoms with Gasteiger partial charge >= 0.3 is 5.51 Å². The van der Waals surface area contributed by atoms with Crippen molar-refractivity contribution in [1.82, 2.24) is 39.9 Å². The van der Waals surface area contributed by atoms with E-state index in [1.54, 1.807) is 46.0 Å². The Morgan fingerprint density at radius 2 is 1.49 bits per heavy atom. The Morgan fingerprint density at radius 1 is 0.802 bits per heavy atom. The van der Waals surface area contributed by atoms with E-state index in [9.17, 15) is 59.1 Å². The van der Waals surface area contributed by atoms with Crippen molar-refractivity contribution in [3.8, 4) is 10.4 Å². The fourth-order valence-electron chi connectivity index (χ4n) is 14.5. The second-order valence-corrected chi connectivity index (χ2v) is 35.6. The average Bonchev–Trinajstić information content (AvgIpc) is 1.69. The van der Waals surface area contributed by atoms with Gasteiger partial charge in [-0.25, -0.2) is 30.9 Å². The smallest absolute Gasteiger partial charge is 0.391 e. The summed E-state index contributed by atoms with van der Waals surface area (Å²) in [4.78, 5) is 82.4. The number of amides is 5. The summed E-state index contributed by atoms with van der Waals surface area (Å²) in [5.41, 5.74) is 1.45. The van der Waals surface area contributed by atoms with E-state index < -0.39 is 94.3 Å². The van der Waals surface area contributed by atoms with Crippen molar-refractivity contribution in [2.24, 2.45) is 10.8 Å². The van der Waals surface area contributed by atoms with Gasteiger partial charge in [-0.2, -0.15) is 13.2 Å². The van der Waals surface area contributed by atoms with Gasteiger partial charge in [0.25, 0.3) is 25.8 Å². The molecular formula is C77H93ClF4N10O10S4. The minimum Gasteiger partial charge on any atom is -0.391 e. The number of allylic oxidation sites excluding steroid dienone is 1. The first-order valence-electron chi connectivity index (χ1n) is 36.1. The van der Waals surface area contributed by atoms with E-state index in [-0.39, 0.29) is 54.8 Å². The Morgan fingerprint density at radius 3 is 2.14 bits per heavy atom. The Kier molecular flexibility index (Phi) is 25.5. The van der Waals surface area contributed by atoms with E-state index in [2.05, 4.69) is 35.6 Å². The molecule has 5 amide bonds. The van der Waals surface area contributed by atoms with Crippen molar-refractivity contribution in [2.75, 3.05) is 88.0 Å². The standard InChI is InChI=1S/C77H93ClF4N10O10S4/c1-50(52-16-18-53(19-17-52)70-51(2)83-49-104-70)84-73(97)66-43-59(93)47-92(66)74(98)71(75(3,4)5)86-68(94)14-10-7-11-15-69(95)91-40-34-88(35-41-91)33-29-57(48-103-60-12-8-6-9-13-60)85-65-27-25-61(44-67(65)105(99,100)77(80,81)82)106(101,102)87-72(96)54-20-23-58(24-21-54)90-38-36-89(37-39-90)46-55-45-76(31-32-76)30-28-62(55)63-26-22-56(78)42-64(63)79/h6,8-9,12-13,16-27,42,44,49-50,57,59,66,71,85,93H,7,10-11,14-15,28-41,43,45-48H2,1-5H3,(H,84,97)(H,86,94)(H,87,96)/t50-,57+,59+,66-,71+/m0/s1. The molecule has 6 aromatic rings. The average molecular weight is 1560 g/mol. The summed E-state index contributed by atoms with van der Waals surface area (Å²) in [6, 6.07) is 27.4. The summed E-state index contributed by atoms with van der Waals surface area (Å²) in [5, 5.41) is 20.0. The Balaban J connectivity index is 0.644. The number of β-amino-alcohol motifs (C(OH)–C–C–N with tert-alkyl or cyclic N) is 1. The molecule has 1 aromatic heterocycles. The number of sulfonamides is 1. The van der Waals surface area contributed by atoms with Crippen molar-refractivity contribution in [3.63, 3.8) is 0 Å². The topological polar surface area (TPSA) is 251 Å². The lowest BCUT2D eigenvalue weighted by Crippen LogP contribution is -2.57. The number of piperazine rings is 2. The van der Waals surface area contributed by atoms with Crippen molar-refractivity contribution in [2.45, 2.75) is 162 Å². The number of nitrogens with zero attached hydrogens (tertiary/aromatic N) is 6. The minimum atomic E-state index is -6.20. The van der Waals surface area contributed by atoms with Crippen LogP contribution in [0.1, 0.15) is 138 Å². The molecule has 3 aliphatic heterocycles. The number of aromatic nitrogens is 1. The lowest BCUT2D eigenvalue weighted by Gasteiger charge is -2.38. The maximum atomic E-state index is 15.2. The van der Waals surface area contributed by atoms with E-state index in [0.717, 1.165) is 69.2 Å². The number of nitrogens with one attached hydrogen (secondary N) is 4. The van der Waals surface area contributed by atoms with Crippen LogP contribution in [-0.2, 0) is 39.0 Å². The van der Waals surface area contributed by atoms with E-state index in [1.165, 1.54) is 53.3 Å². The maximum absolute atomic E-state index is 15.2. The number of aryl methyl sites for hydroxylation is 1. The fourth-order valence-corrected chi connectivity index (χ4v) is 18.5.